The number of nitrogens with zero attached hydrogens (tertiary/aromatic N) is 4. The molecule has 1 aromatic carbocycles. The van der Waals surface area contributed by atoms with Crippen molar-refractivity contribution < 1.29 is 13.2 Å². The van der Waals surface area contributed by atoms with Gasteiger partial charge in [-0.25, -0.2) is 8.42 Å². The van der Waals surface area contributed by atoms with Crippen LogP contribution >= 0.6 is 0 Å². The van der Waals surface area contributed by atoms with Crippen LogP contribution in [-0.4, -0.2) is 39.1 Å². The van der Waals surface area contributed by atoms with Gasteiger partial charge < -0.3 is 9.88 Å². The van der Waals surface area contributed by atoms with E-state index in [1.165, 1.54) is 12.1 Å². The Morgan fingerprint density at radius 1 is 1.12 bits per heavy atom. The molecule has 0 unspecified atom stereocenters. The number of pyridine rings is 2. The molecule has 0 atom stereocenters. The van der Waals surface area contributed by atoms with E-state index in [0.717, 1.165) is 16.4 Å². The molecule has 33 heavy (non-hydrogen) atoms. The molecule has 0 fully saturated rings. The molecule has 2 N–H and O–H groups in total. The maximum atomic E-state index is 13.3. The third-order valence-electron chi connectivity index (χ3n) is 5.76. The number of fused-ring (bicyclic) bond motifs is 2. The second-order valence-electron chi connectivity index (χ2n) is 7.67. The summed E-state index contributed by atoms with van der Waals surface area (Å²) in [5, 5.41) is 11.1. The lowest BCUT2D eigenvalue weighted by molar-refractivity contribution is 0.0942. The van der Waals surface area contributed by atoms with Gasteiger partial charge in [0.05, 0.1) is 39.3 Å². The SMILES string of the molecule is Cc1c(S(=O)(=O)c2ccc3[nH]ncc3c2)cc(C(=O)NCc2nccc3ncccc23)n1C. The van der Waals surface area contributed by atoms with E-state index in [-0.39, 0.29) is 22.0 Å². The highest BCUT2D eigenvalue weighted by molar-refractivity contribution is 7.91. The lowest BCUT2D eigenvalue weighted by atomic mass is 10.2. The first-order valence-electron chi connectivity index (χ1n) is 10.2. The van der Waals surface area contributed by atoms with Gasteiger partial charge in [-0.3, -0.25) is 19.9 Å². The van der Waals surface area contributed by atoms with Crippen LogP contribution in [0.2, 0.25) is 0 Å². The highest BCUT2D eigenvalue weighted by atomic mass is 32.2. The Morgan fingerprint density at radius 3 is 2.82 bits per heavy atom. The van der Waals surface area contributed by atoms with Crippen LogP contribution in [0.15, 0.2) is 70.8 Å². The van der Waals surface area contributed by atoms with Gasteiger partial charge in [0.15, 0.2) is 0 Å². The zero-order chi connectivity index (χ0) is 23.2. The van der Waals surface area contributed by atoms with Gasteiger partial charge in [0, 0.05) is 35.9 Å². The minimum atomic E-state index is -3.83. The van der Waals surface area contributed by atoms with Crippen LogP contribution in [0, 0.1) is 6.92 Å². The summed E-state index contributed by atoms with van der Waals surface area (Å²) in [5.41, 5.74) is 2.93. The van der Waals surface area contributed by atoms with Crippen LogP contribution in [0.4, 0.5) is 0 Å². The Morgan fingerprint density at radius 2 is 1.97 bits per heavy atom. The summed E-state index contributed by atoms with van der Waals surface area (Å²) in [5.74, 6) is -0.393. The van der Waals surface area contributed by atoms with Crippen molar-refractivity contribution >= 4 is 37.6 Å². The molecule has 0 saturated heterocycles. The molecule has 1 amide bonds. The molecule has 10 heteroatoms. The van der Waals surface area contributed by atoms with Crippen LogP contribution < -0.4 is 5.32 Å². The summed E-state index contributed by atoms with van der Waals surface area (Å²) in [4.78, 5) is 21.8. The molecule has 9 nitrogen and oxygen atoms in total. The van der Waals surface area contributed by atoms with Gasteiger partial charge in [-0.15, -0.1) is 0 Å². The van der Waals surface area contributed by atoms with Crippen molar-refractivity contribution in [3.63, 3.8) is 0 Å². The fourth-order valence-electron chi connectivity index (χ4n) is 3.83. The molecule has 0 radical (unpaired) electrons. The molecule has 4 heterocycles. The van der Waals surface area contributed by atoms with Crippen LogP contribution in [0.25, 0.3) is 21.8 Å². The summed E-state index contributed by atoms with van der Waals surface area (Å²) in [7, 11) is -2.16. The summed E-state index contributed by atoms with van der Waals surface area (Å²) in [6.45, 7) is 1.86. The third kappa shape index (κ3) is 3.54. The predicted molar refractivity (Wildman–Crippen MR) is 122 cm³/mol. The molecule has 5 rings (SSSR count). The largest absolute Gasteiger partial charge is 0.345 e. The normalized spacial score (nSPS) is 11.8. The Hall–Kier alpha value is -4.05. The first-order chi connectivity index (χ1) is 15.9. The van der Waals surface area contributed by atoms with Gasteiger partial charge >= 0.3 is 0 Å². The second kappa shape index (κ2) is 7.82. The van der Waals surface area contributed by atoms with Crippen LogP contribution in [0.5, 0.6) is 0 Å². The van der Waals surface area contributed by atoms with Crippen molar-refractivity contribution in [1.82, 2.24) is 30.0 Å². The lowest BCUT2D eigenvalue weighted by Gasteiger charge is -2.08. The van der Waals surface area contributed by atoms with E-state index in [0.29, 0.717) is 16.8 Å². The van der Waals surface area contributed by atoms with Crippen molar-refractivity contribution in [2.24, 2.45) is 7.05 Å². The van der Waals surface area contributed by atoms with E-state index in [1.807, 2.05) is 12.1 Å². The number of hydrogen-bond acceptors (Lipinski definition) is 6. The molecule has 0 spiro atoms. The minimum absolute atomic E-state index is 0.0884. The Bertz CT molecular complexity index is 1630. The maximum absolute atomic E-state index is 13.3. The van der Waals surface area contributed by atoms with Gasteiger partial charge in [0.2, 0.25) is 9.84 Å². The van der Waals surface area contributed by atoms with Crippen LogP contribution in [0.3, 0.4) is 0 Å². The number of carbonyl (C=O) groups excluding carboxylic acids is 1. The molecule has 0 aliphatic heterocycles. The highest BCUT2D eigenvalue weighted by Gasteiger charge is 2.26. The molecular formula is C23H20N6O3S. The molecule has 5 aromatic rings. The van der Waals surface area contributed by atoms with Crippen molar-refractivity contribution in [2.75, 3.05) is 0 Å². The molecule has 4 aromatic heterocycles. The number of amides is 1. The van der Waals surface area contributed by atoms with Gasteiger partial charge in [0.1, 0.15) is 5.69 Å². The van der Waals surface area contributed by atoms with Crippen molar-refractivity contribution in [3.8, 4) is 0 Å². The van der Waals surface area contributed by atoms with Crippen LogP contribution in [-0.2, 0) is 23.4 Å². The third-order valence-corrected chi connectivity index (χ3v) is 7.63. The Labute approximate surface area is 189 Å². The van der Waals surface area contributed by atoms with E-state index < -0.39 is 15.7 Å². The second-order valence-corrected chi connectivity index (χ2v) is 9.59. The van der Waals surface area contributed by atoms with Gasteiger partial charge in [-0.2, -0.15) is 5.10 Å². The fourth-order valence-corrected chi connectivity index (χ4v) is 5.41. The number of carbonyl (C=O) groups is 1. The van der Waals surface area contributed by atoms with E-state index in [2.05, 4.69) is 25.5 Å². The van der Waals surface area contributed by atoms with Crippen molar-refractivity contribution in [1.29, 1.82) is 0 Å². The van der Waals surface area contributed by atoms with Gasteiger partial charge in [0.25, 0.3) is 5.91 Å². The summed E-state index contributed by atoms with van der Waals surface area (Å²) in [6, 6.07) is 11.7. The number of aromatic nitrogens is 5. The molecule has 0 aliphatic carbocycles. The molecule has 0 aliphatic rings. The molecule has 0 bridgehead atoms. The topological polar surface area (TPSA) is 123 Å². The number of rotatable bonds is 5. The predicted octanol–water partition coefficient (Wildman–Crippen LogP) is 2.92. The fraction of sp³-hybridized carbons (Fsp3) is 0.130. The highest BCUT2D eigenvalue weighted by Crippen LogP contribution is 2.28. The zero-order valence-corrected chi connectivity index (χ0v) is 18.7. The molecule has 166 valence electrons. The average molecular weight is 461 g/mol. The summed E-state index contributed by atoms with van der Waals surface area (Å²) < 4.78 is 28.3. The number of benzene rings is 1. The minimum Gasteiger partial charge on any atom is -0.345 e. The van der Waals surface area contributed by atoms with E-state index in [1.54, 1.807) is 55.3 Å². The Balaban J connectivity index is 1.44. The standard InChI is InChI=1S/C23H20N6O3S/c1-14-22(33(31,32)16-5-6-18-15(10-16)12-27-28-18)11-21(29(14)2)23(30)26-13-20-17-4-3-8-24-19(17)7-9-25-20/h3-12H,13H2,1-2H3,(H,26,30)(H,27,28). The number of hydrogen-bond donors (Lipinski definition) is 2. The molecular weight excluding hydrogens is 440 g/mol. The van der Waals surface area contributed by atoms with E-state index >= 15 is 0 Å². The summed E-state index contributed by atoms with van der Waals surface area (Å²) >= 11 is 0. The summed E-state index contributed by atoms with van der Waals surface area (Å²) in [6.07, 6.45) is 4.91. The first kappa shape index (κ1) is 20.8. The molecule has 0 saturated carbocycles. The van der Waals surface area contributed by atoms with Crippen LogP contribution in [0.1, 0.15) is 21.9 Å². The zero-order valence-electron chi connectivity index (χ0n) is 17.9. The van der Waals surface area contributed by atoms with Gasteiger partial charge in [-0.05, 0) is 49.4 Å². The average Bonchev–Trinajstić information content (AvgIpc) is 3.41. The van der Waals surface area contributed by atoms with Crippen molar-refractivity contribution in [2.45, 2.75) is 23.3 Å². The monoisotopic (exact) mass is 460 g/mol. The number of aromatic amines is 1. The van der Waals surface area contributed by atoms with Gasteiger partial charge in [-0.1, -0.05) is 0 Å². The number of nitrogens with one attached hydrogen (secondary N) is 2. The first-order valence-corrected chi connectivity index (χ1v) is 11.7. The van der Waals surface area contributed by atoms with Crippen molar-refractivity contribution in [3.05, 3.63) is 78.1 Å². The smallest absolute Gasteiger partial charge is 0.268 e. The maximum Gasteiger partial charge on any atom is 0.268 e. The quantitative estimate of drug-likeness (QED) is 0.416. The number of sulfone groups is 1. The lowest BCUT2D eigenvalue weighted by Crippen LogP contribution is -2.25. The number of H-pyrrole nitrogens is 1. The van der Waals surface area contributed by atoms with E-state index in [4.69, 9.17) is 0 Å². The van der Waals surface area contributed by atoms with E-state index in [9.17, 15) is 13.2 Å². The Kier molecular flexibility index (Phi) is 4.94.